The van der Waals surface area contributed by atoms with Crippen molar-refractivity contribution < 1.29 is 51.6 Å². The zero-order valence-electron chi connectivity index (χ0n) is 23.1. The Hall–Kier alpha value is -3.33. The lowest BCUT2D eigenvalue weighted by molar-refractivity contribution is -0.0670. The van der Waals surface area contributed by atoms with Crippen LogP contribution in [-0.4, -0.2) is 92.7 Å². The predicted molar refractivity (Wildman–Crippen MR) is 149 cm³/mol. The van der Waals surface area contributed by atoms with Crippen LogP contribution in [0.4, 0.5) is 11.6 Å². The highest BCUT2D eigenvalue weighted by atomic mass is 31.2. The van der Waals surface area contributed by atoms with Gasteiger partial charge in [0.25, 0.3) is 5.56 Å². The molecule has 8 N–H and O–H groups in total. The number of rotatable bonds is 2. The summed E-state index contributed by atoms with van der Waals surface area (Å²) >= 11 is 0. The molecule has 0 amide bonds. The predicted octanol–water partition coefficient (Wildman–Crippen LogP) is -0.461. The molecule has 0 radical (unpaired) electrons. The summed E-state index contributed by atoms with van der Waals surface area (Å²) in [7, 11) is -9.92. The lowest BCUT2D eigenvalue weighted by Gasteiger charge is -2.26. The van der Waals surface area contributed by atoms with Crippen molar-refractivity contribution in [3.05, 3.63) is 35.3 Å². The van der Waals surface area contributed by atoms with Gasteiger partial charge in [-0.2, -0.15) is 4.98 Å². The normalized spacial score (nSPS) is 37.7. The Bertz CT molecular complexity index is 1930. The Kier molecular flexibility index (Phi) is 7.34. The number of fused-ring (bicyclic) bond motifs is 5. The van der Waals surface area contributed by atoms with Gasteiger partial charge in [0.05, 0.1) is 31.6 Å². The summed E-state index contributed by atoms with van der Waals surface area (Å²) in [4.78, 5) is 52.6. The molecule has 10 atom stereocenters. The van der Waals surface area contributed by atoms with Gasteiger partial charge in [0.15, 0.2) is 23.0 Å². The zero-order valence-corrected chi connectivity index (χ0v) is 24.9. The molecule has 2 bridgehead atoms. The molecule has 7 heterocycles. The van der Waals surface area contributed by atoms with Gasteiger partial charge < -0.3 is 35.8 Å². The van der Waals surface area contributed by atoms with Crippen LogP contribution in [0.25, 0.3) is 22.3 Å². The van der Waals surface area contributed by atoms with Crippen molar-refractivity contribution in [2.45, 2.75) is 49.9 Å². The molecule has 3 aliphatic heterocycles. The van der Waals surface area contributed by atoms with Crippen molar-refractivity contribution in [3.8, 4) is 0 Å². The molecule has 3 saturated heterocycles. The number of nitrogens with zero attached hydrogens (tertiary/aromatic N) is 6. The van der Waals surface area contributed by atoms with Crippen LogP contribution in [0.3, 0.4) is 0 Å². The number of aliphatic hydroxyl groups is 1. The number of imidazole rings is 2. The Morgan fingerprint density at radius 3 is 2.27 bits per heavy atom. The van der Waals surface area contributed by atoms with E-state index in [4.69, 9.17) is 39.0 Å². The summed E-state index contributed by atoms with van der Waals surface area (Å²) in [5.74, 6) is -0.948. The number of aliphatic hydroxyl groups excluding tert-OH is 1. The standard InChI is InChI=1S/C22H27N9O12P2/c1-8-15-11(41-20(8)30-6-26-12-9(23)2-3-25-17(12)30)5-39-45(36,37)43-16-14(32)10(4-38-44(34,35)42-15)40-21(16)31-7-27-13-18(31)28-22(24)29-19(13)33/h2-3,6-8,10-11,14-16,20-21,32H,4-5H2,1H3,(H2,23,25)(H,34,35)(H,36,37)(H3,24,28,29,33)/t8-,10+,11+,14?,15-,16+,20+,21+/m0/s1. The number of ether oxygens (including phenoxy) is 2. The second-order valence-electron chi connectivity index (χ2n) is 10.6. The van der Waals surface area contributed by atoms with E-state index < -0.39 is 83.3 Å². The van der Waals surface area contributed by atoms with Gasteiger partial charge in [-0.25, -0.2) is 24.1 Å². The van der Waals surface area contributed by atoms with E-state index in [9.17, 15) is 28.8 Å². The zero-order chi connectivity index (χ0) is 31.8. The largest absolute Gasteiger partial charge is 0.472 e. The topological polar surface area (TPSA) is 297 Å². The fourth-order valence-corrected chi connectivity index (χ4v) is 7.63. The highest BCUT2D eigenvalue weighted by Gasteiger charge is 2.53. The Morgan fingerprint density at radius 1 is 0.911 bits per heavy atom. The minimum absolute atomic E-state index is 0.0971. The van der Waals surface area contributed by atoms with Crippen molar-refractivity contribution in [2.24, 2.45) is 5.92 Å². The van der Waals surface area contributed by atoms with Gasteiger partial charge in [0.2, 0.25) is 5.95 Å². The fraction of sp³-hybridized carbons (Fsp3) is 0.500. The number of phosphoric acid groups is 2. The number of anilines is 2. The van der Waals surface area contributed by atoms with Gasteiger partial charge in [-0.1, -0.05) is 6.92 Å². The number of hydrogen-bond acceptors (Lipinski definition) is 16. The van der Waals surface area contributed by atoms with Crippen molar-refractivity contribution in [2.75, 3.05) is 24.7 Å². The molecule has 45 heavy (non-hydrogen) atoms. The number of aromatic amines is 1. The Morgan fingerprint density at radius 2 is 1.53 bits per heavy atom. The molecule has 0 aromatic carbocycles. The van der Waals surface area contributed by atoms with E-state index in [0.29, 0.717) is 16.9 Å². The van der Waals surface area contributed by atoms with Crippen molar-refractivity contribution >= 4 is 49.6 Å². The number of nitrogens with one attached hydrogen (secondary N) is 1. The van der Waals surface area contributed by atoms with Crippen molar-refractivity contribution in [1.82, 2.24) is 34.1 Å². The van der Waals surface area contributed by atoms with E-state index in [1.54, 1.807) is 17.6 Å². The van der Waals surface area contributed by atoms with Crippen LogP contribution in [0.2, 0.25) is 0 Å². The van der Waals surface area contributed by atoms with Crippen LogP contribution < -0.4 is 17.0 Å². The second kappa shape index (κ2) is 10.9. The van der Waals surface area contributed by atoms with Crippen LogP contribution >= 0.6 is 15.6 Å². The molecule has 242 valence electrons. The minimum Gasteiger partial charge on any atom is -0.397 e. The number of nitrogen functional groups attached to an aromatic ring is 2. The molecular formula is C22H27N9O12P2. The van der Waals surface area contributed by atoms with Crippen molar-refractivity contribution in [1.29, 1.82) is 0 Å². The smallest absolute Gasteiger partial charge is 0.397 e. The number of H-pyrrole nitrogens is 1. The van der Waals surface area contributed by atoms with E-state index in [-0.39, 0.29) is 17.1 Å². The maximum Gasteiger partial charge on any atom is 0.472 e. The SMILES string of the molecule is C[C@H]1[C@@H]2OP(=O)(O)OC[C@H]3O[C@@H](n4cnc5c(=O)[nH]c(N)nc54)[C@H](OP(=O)(O)OC[C@H]2O[C@H]1n1cnc2c(N)ccnc21)C3O. The third-order valence-corrected chi connectivity index (χ3v) is 9.74. The maximum atomic E-state index is 13.3. The summed E-state index contributed by atoms with van der Waals surface area (Å²) in [6.45, 7) is 0.262. The van der Waals surface area contributed by atoms with Gasteiger partial charge in [0, 0.05) is 12.1 Å². The first kappa shape index (κ1) is 30.3. The average molecular weight is 671 g/mol. The lowest BCUT2D eigenvalue weighted by atomic mass is 10.0. The van der Waals surface area contributed by atoms with Gasteiger partial charge in [0.1, 0.15) is 42.3 Å². The molecule has 23 heteroatoms. The van der Waals surface area contributed by atoms with E-state index in [2.05, 4.69) is 24.9 Å². The highest BCUT2D eigenvalue weighted by molar-refractivity contribution is 7.47. The van der Waals surface area contributed by atoms with E-state index in [1.165, 1.54) is 12.5 Å². The fourth-order valence-electron chi connectivity index (χ4n) is 5.66. The van der Waals surface area contributed by atoms with E-state index >= 15 is 0 Å². The van der Waals surface area contributed by atoms with Crippen molar-refractivity contribution in [3.63, 3.8) is 0 Å². The number of hydrogen-bond donors (Lipinski definition) is 6. The number of nitrogens with two attached hydrogens (primary N) is 2. The molecule has 4 aromatic rings. The van der Waals surface area contributed by atoms with Crippen LogP contribution in [0, 0.1) is 5.92 Å². The second-order valence-corrected chi connectivity index (χ2v) is 13.5. The Balaban J connectivity index is 1.21. The summed E-state index contributed by atoms with van der Waals surface area (Å²) in [6.07, 6.45) is -5.52. The van der Waals surface area contributed by atoms with Crippen LogP contribution in [0.1, 0.15) is 19.4 Å². The molecule has 0 saturated carbocycles. The van der Waals surface area contributed by atoms with Crippen LogP contribution in [0.5, 0.6) is 0 Å². The van der Waals surface area contributed by atoms with Gasteiger partial charge in [-0.05, 0) is 6.07 Å². The summed E-state index contributed by atoms with van der Waals surface area (Å²) in [6, 6.07) is 1.57. The molecule has 21 nitrogen and oxygen atoms in total. The van der Waals surface area contributed by atoms with Gasteiger partial charge in [-0.3, -0.25) is 37.0 Å². The minimum atomic E-state index is -5.02. The molecular weight excluding hydrogens is 644 g/mol. The van der Waals surface area contributed by atoms with Gasteiger partial charge >= 0.3 is 15.6 Å². The summed E-state index contributed by atoms with van der Waals surface area (Å²) < 4.78 is 62.5. The van der Waals surface area contributed by atoms with E-state index in [0.717, 1.165) is 10.9 Å². The first-order valence-corrected chi connectivity index (χ1v) is 16.4. The molecule has 7 rings (SSSR count). The lowest BCUT2D eigenvalue weighted by Crippen LogP contribution is -2.35. The summed E-state index contributed by atoms with van der Waals surface area (Å²) in [5.41, 5.74) is 11.9. The Labute approximate surface area is 251 Å². The number of pyridine rings is 1. The first-order valence-electron chi connectivity index (χ1n) is 13.4. The average Bonchev–Trinajstić information content (AvgIpc) is 3.72. The highest BCUT2D eigenvalue weighted by Crippen LogP contribution is 2.54. The summed E-state index contributed by atoms with van der Waals surface area (Å²) in [5, 5.41) is 11.0. The van der Waals surface area contributed by atoms with E-state index in [1.807, 2.05) is 0 Å². The quantitative estimate of drug-likeness (QED) is 0.147. The third-order valence-electron chi connectivity index (χ3n) is 7.77. The first-order chi connectivity index (χ1) is 21.3. The maximum absolute atomic E-state index is 13.3. The van der Waals surface area contributed by atoms with Crippen LogP contribution in [0.15, 0.2) is 29.7 Å². The molecule has 3 unspecified atom stereocenters. The number of phosphoric ester groups is 2. The van der Waals surface area contributed by atoms with Crippen LogP contribution in [-0.2, 0) is 36.7 Å². The molecule has 0 spiro atoms. The van der Waals surface area contributed by atoms with Gasteiger partial charge in [-0.15, -0.1) is 0 Å². The molecule has 4 aromatic heterocycles. The third kappa shape index (κ3) is 5.34. The monoisotopic (exact) mass is 671 g/mol. The molecule has 0 aliphatic carbocycles. The molecule has 3 fully saturated rings. The number of aromatic nitrogens is 7. The molecule has 3 aliphatic rings.